The molecule has 0 amide bonds. The lowest BCUT2D eigenvalue weighted by Crippen LogP contribution is -2.26. The summed E-state index contributed by atoms with van der Waals surface area (Å²) in [5.41, 5.74) is 7.92. The van der Waals surface area contributed by atoms with E-state index in [1.165, 1.54) is 0 Å². The lowest BCUT2D eigenvalue weighted by atomic mass is 10.1. The van der Waals surface area contributed by atoms with Crippen molar-refractivity contribution in [2.24, 2.45) is 0 Å². The highest BCUT2D eigenvalue weighted by molar-refractivity contribution is 5.82. The molecule has 1 aromatic heterocycles. The molecule has 0 aliphatic carbocycles. The molecule has 1 aromatic carbocycles. The van der Waals surface area contributed by atoms with E-state index in [9.17, 15) is 5.11 Å². The van der Waals surface area contributed by atoms with E-state index in [-0.39, 0.29) is 0 Å². The van der Waals surface area contributed by atoms with E-state index in [0.29, 0.717) is 12.5 Å². The minimum Gasteiger partial charge on any atom is -0.493 e. The zero-order chi connectivity index (χ0) is 15.0. The number of nitrogens with zero attached hydrogens (tertiary/aromatic N) is 2. The van der Waals surface area contributed by atoms with Crippen LogP contribution in [0.5, 0.6) is 0 Å². The third kappa shape index (κ3) is 2.88. The number of fused-ring (bicyclic) bond motifs is 1. The number of hydrogen-bond acceptors (Lipinski definition) is 4. The lowest BCUT2D eigenvalue weighted by Gasteiger charge is -2.19. The molecule has 1 aliphatic heterocycles. The predicted octanol–water partition coefficient (Wildman–Crippen LogP) is 2.54. The summed E-state index contributed by atoms with van der Waals surface area (Å²) in [6.07, 6.45) is 4.23. The minimum absolute atomic E-state index is 0.411. The van der Waals surface area contributed by atoms with E-state index in [1.54, 1.807) is 13.8 Å². The van der Waals surface area contributed by atoms with Crippen molar-refractivity contribution in [3.05, 3.63) is 29.8 Å². The molecule has 2 heterocycles. The molecule has 1 aliphatic rings. The van der Waals surface area contributed by atoms with Gasteiger partial charge in [-0.3, -0.25) is 0 Å². The van der Waals surface area contributed by atoms with E-state index in [2.05, 4.69) is 11.1 Å². The number of aliphatic hydroxyl groups is 1. The molecular formula is C16H21N3O2. The number of hydrogen-bond donors (Lipinski definition) is 2. The number of nitrogen functional groups attached to an aromatic ring is 1. The van der Waals surface area contributed by atoms with Gasteiger partial charge in [-0.2, -0.15) is 0 Å². The zero-order valence-electron chi connectivity index (χ0n) is 12.5. The second-order valence-corrected chi connectivity index (χ2v) is 6.13. The summed E-state index contributed by atoms with van der Waals surface area (Å²) in [5, 5.41) is 10.00. The van der Waals surface area contributed by atoms with Crippen LogP contribution in [0, 0.1) is 0 Å². The van der Waals surface area contributed by atoms with Gasteiger partial charge in [0.1, 0.15) is 5.76 Å². The average molecular weight is 287 g/mol. The molecule has 2 aromatic rings. The topological polar surface area (TPSA) is 73.3 Å². The Morgan fingerprint density at radius 3 is 2.90 bits per heavy atom. The third-order valence-corrected chi connectivity index (χ3v) is 3.54. The summed E-state index contributed by atoms with van der Waals surface area (Å²) in [7, 11) is 0. The van der Waals surface area contributed by atoms with E-state index in [0.717, 1.165) is 41.8 Å². The van der Waals surface area contributed by atoms with Crippen molar-refractivity contribution in [1.82, 2.24) is 9.55 Å². The first kappa shape index (κ1) is 13.9. The molecule has 3 rings (SSSR count). The monoisotopic (exact) mass is 287 g/mol. The standard InChI is InChI=1S/C16H21N3O2/c1-16(2,20)10-19-13-7-6-11(9-12(13)18-15(19)17)14-5-3-4-8-21-14/h5-7,9,20H,3-4,8,10H2,1-2H3,(H2,17,18). The van der Waals surface area contributed by atoms with Crippen LogP contribution >= 0.6 is 0 Å². The molecule has 0 spiro atoms. The Kier molecular flexibility index (Phi) is 3.37. The first-order valence-corrected chi connectivity index (χ1v) is 7.25. The Hall–Kier alpha value is -2.01. The number of nitrogens with two attached hydrogens (primary N) is 1. The second kappa shape index (κ2) is 5.07. The molecule has 3 N–H and O–H groups in total. The van der Waals surface area contributed by atoms with Crippen LogP contribution in [0.2, 0.25) is 0 Å². The van der Waals surface area contributed by atoms with Gasteiger partial charge in [0.25, 0.3) is 0 Å². The SMILES string of the molecule is CC(C)(O)Cn1c(N)nc2cc(C3=CCCCO3)ccc21. The quantitative estimate of drug-likeness (QED) is 0.910. The maximum absolute atomic E-state index is 10.00. The molecule has 112 valence electrons. The van der Waals surface area contributed by atoms with Gasteiger partial charge < -0.3 is 20.1 Å². The Balaban J connectivity index is 2.02. The molecular weight excluding hydrogens is 266 g/mol. The molecule has 0 saturated carbocycles. The predicted molar refractivity (Wildman–Crippen MR) is 83.6 cm³/mol. The first-order chi connectivity index (χ1) is 9.94. The summed E-state index contributed by atoms with van der Waals surface area (Å²) in [6, 6.07) is 5.99. The number of anilines is 1. The number of aromatic nitrogens is 2. The largest absolute Gasteiger partial charge is 0.493 e. The number of benzene rings is 1. The molecule has 5 nitrogen and oxygen atoms in total. The van der Waals surface area contributed by atoms with Gasteiger partial charge >= 0.3 is 0 Å². The fourth-order valence-corrected chi connectivity index (χ4v) is 2.61. The van der Waals surface area contributed by atoms with Crippen LogP contribution in [0.1, 0.15) is 32.3 Å². The minimum atomic E-state index is -0.838. The van der Waals surface area contributed by atoms with Crippen molar-refractivity contribution in [3.8, 4) is 0 Å². The second-order valence-electron chi connectivity index (χ2n) is 6.13. The summed E-state index contributed by atoms with van der Waals surface area (Å²) in [6.45, 7) is 4.69. The van der Waals surface area contributed by atoms with Crippen molar-refractivity contribution in [2.75, 3.05) is 12.3 Å². The molecule has 5 heteroatoms. The van der Waals surface area contributed by atoms with Crippen LogP contribution < -0.4 is 5.73 Å². The Morgan fingerprint density at radius 1 is 1.43 bits per heavy atom. The first-order valence-electron chi connectivity index (χ1n) is 7.25. The van der Waals surface area contributed by atoms with Crippen LogP contribution in [0.4, 0.5) is 5.95 Å². The van der Waals surface area contributed by atoms with Gasteiger partial charge in [-0.1, -0.05) is 0 Å². The molecule has 0 atom stereocenters. The van der Waals surface area contributed by atoms with E-state index in [4.69, 9.17) is 10.5 Å². The zero-order valence-corrected chi connectivity index (χ0v) is 12.5. The molecule has 0 bridgehead atoms. The molecule has 0 fully saturated rings. The molecule has 0 saturated heterocycles. The smallest absolute Gasteiger partial charge is 0.201 e. The normalized spacial score (nSPS) is 15.9. The van der Waals surface area contributed by atoms with E-state index < -0.39 is 5.60 Å². The fraction of sp³-hybridized carbons (Fsp3) is 0.438. The Bertz CT molecular complexity index is 695. The third-order valence-electron chi connectivity index (χ3n) is 3.54. The van der Waals surface area contributed by atoms with Gasteiger partial charge in [-0.25, -0.2) is 4.98 Å². The van der Waals surface area contributed by atoms with Crippen LogP contribution in [0.15, 0.2) is 24.3 Å². The van der Waals surface area contributed by atoms with E-state index in [1.807, 2.05) is 22.8 Å². The summed E-state index contributed by atoms with van der Waals surface area (Å²) < 4.78 is 7.53. The van der Waals surface area contributed by atoms with Crippen molar-refractivity contribution in [1.29, 1.82) is 0 Å². The average Bonchev–Trinajstić information content (AvgIpc) is 2.74. The van der Waals surface area contributed by atoms with Gasteiger partial charge in [0, 0.05) is 5.56 Å². The van der Waals surface area contributed by atoms with Crippen LogP contribution in [-0.4, -0.2) is 26.9 Å². The molecule has 0 radical (unpaired) electrons. The highest BCUT2D eigenvalue weighted by Crippen LogP contribution is 2.27. The molecule has 21 heavy (non-hydrogen) atoms. The van der Waals surface area contributed by atoms with E-state index >= 15 is 0 Å². The van der Waals surface area contributed by atoms with Gasteiger partial charge in [-0.05, 0) is 51.0 Å². The van der Waals surface area contributed by atoms with Crippen LogP contribution in [0.3, 0.4) is 0 Å². The van der Waals surface area contributed by atoms with Crippen molar-refractivity contribution in [2.45, 2.75) is 38.8 Å². The Labute approximate surface area is 124 Å². The number of ether oxygens (including phenoxy) is 1. The van der Waals surface area contributed by atoms with Crippen molar-refractivity contribution >= 4 is 22.7 Å². The van der Waals surface area contributed by atoms with Gasteiger partial charge in [-0.15, -0.1) is 0 Å². The molecule has 0 unspecified atom stereocenters. The number of imidazole rings is 1. The van der Waals surface area contributed by atoms with Crippen molar-refractivity contribution in [3.63, 3.8) is 0 Å². The summed E-state index contributed by atoms with van der Waals surface area (Å²) >= 11 is 0. The highest BCUT2D eigenvalue weighted by Gasteiger charge is 2.18. The Morgan fingerprint density at radius 2 is 2.24 bits per heavy atom. The fourth-order valence-electron chi connectivity index (χ4n) is 2.61. The summed E-state index contributed by atoms with van der Waals surface area (Å²) in [5.74, 6) is 1.33. The van der Waals surface area contributed by atoms with Crippen LogP contribution in [-0.2, 0) is 11.3 Å². The van der Waals surface area contributed by atoms with Gasteiger partial charge in [0.15, 0.2) is 0 Å². The maximum Gasteiger partial charge on any atom is 0.201 e. The number of rotatable bonds is 3. The van der Waals surface area contributed by atoms with Gasteiger partial charge in [0.05, 0.1) is 29.8 Å². The lowest BCUT2D eigenvalue weighted by molar-refractivity contribution is 0.0633. The maximum atomic E-state index is 10.00. The van der Waals surface area contributed by atoms with Crippen LogP contribution in [0.25, 0.3) is 16.8 Å². The van der Waals surface area contributed by atoms with Crippen molar-refractivity contribution < 1.29 is 9.84 Å². The highest BCUT2D eigenvalue weighted by atomic mass is 16.5. The summed E-state index contributed by atoms with van der Waals surface area (Å²) in [4.78, 5) is 4.40. The number of allylic oxidation sites excluding steroid dienone is 1. The van der Waals surface area contributed by atoms with Gasteiger partial charge in [0.2, 0.25) is 5.95 Å².